The van der Waals surface area contributed by atoms with Crippen molar-refractivity contribution in [3.8, 4) is 0 Å². The first-order chi connectivity index (χ1) is 18.9. The van der Waals surface area contributed by atoms with Crippen molar-refractivity contribution < 1.29 is 9.59 Å². The molecule has 1 atom stereocenters. The maximum Gasteiger partial charge on any atom is 0.243 e. The van der Waals surface area contributed by atoms with Crippen molar-refractivity contribution >= 4 is 58.4 Å². The maximum absolute atomic E-state index is 13.9. The summed E-state index contributed by atoms with van der Waals surface area (Å²) < 4.78 is 0. The zero-order chi connectivity index (χ0) is 27.6. The first kappa shape index (κ1) is 29.8. The summed E-state index contributed by atoms with van der Waals surface area (Å²) in [5.74, 6) is 0.551. The molecule has 1 aliphatic rings. The van der Waals surface area contributed by atoms with Crippen LogP contribution in [0.5, 0.6) is 0 Å². The topological polar surface area (TPSA) is 49.4 Å². The second-order valence-corrected chi connectivity index (χ2v) is 12.1. The van der Waals surface area contributed by atoms with Gasteiger partial charge in [0.25, 0.3) is 0 Å². The smallest absolute Gasteiger partial charge is 0.243 e. The fourth-order valence-corrected chi connectivity index (χ4v) is 6.54. The highest BCUT2D eigenvalue weighted by Crippen LogP contribution is 2.26. The lowest BCUT2D eigenvalue weighted by Crippen LogP contribution is -2.53. The molecule has 0 bridgehead atoms. The van der Waals surface area contributed by atoms with Gasteiger partial charge in [-0.3, -0.25) is 9.59 Å². The Morgan fingerprint density at radius 1 is 0.872 bits per heavy atom. The molecule has 3 aromatic rings. The number of hydrogen-bond donors (Lipinski definition) is 1. The van der Waals surface area contributed by atoms with E-state index in [0.717, 1.165) is 42.4 Å². The van der Waals surface area contributed by atoms with Crippen molar-refractivity contribution in [1.29, 1.82) is 0 Å². The van der Waals surface area contributed by atoms with Crippen LogP contribution < -0.4 is 5.32 Å². The Balaban J connectivity index is 1.59. The molecule has 3 aromatic carbocycles. The molecule has 1 aliphatic carbocycles. The number of amides is 2. The molecule has 39 heavy (non-hydrogen) atoms. The molecule has 8 heteroatoms. The van der Waals surface area contributed by atoms with E-state index in [0.29, 0.717) is 27.2 Å². The van der Waals surface area contributed by atoms with Crippen molar-refractivity contribution in [3.63, 3.8) is 0 Å². The van der Waals surface area contributed by atoms with Crippen molar-refractivity contribution in [1.82, 2.24) is 10.2 Å². The average molecular weight is 604 g/mol. The van der Waals surface area contributed by atoms with Gasteiger partial charge in [0.1, 0.15) is 6.04 Å². The monoisotopic (exact) mass is 602 g/mol. The van der Waals surface area contributed by atoms with Gasteiger partial charge in [-0.25, -0.2) is 0 Å². The van der Waals surface area contributed by atoms with Gasteiger partial charge in [0, 0.05) is 39.8 Å². The summed E-state index contributed by atoms with van der Waals surface area (Å²) in [7, 11) is 0. The van der Waals surface area contributed by atoms with Crippen LogP contribution >= 0.6 is 46.6 Å². The van der Waals surface area contributed by atoms with Gasteiger partial charge < -0.3 is 10.2 Å². The van der Waals surface area contributed by atoms with Crippen LogP contribution in [-0.2, 0) is 28.3 Å². The van der Waals surface area contributed by atoms with E-state index in [4.69, 9.17) is 34.8 Å². The van der Waals surface area contributed by atoms with Gasteiger partial charge in [-0.05, 0) is 47.7 Å². The molecule has 0 unspecified atom stereocenters. The van der Waals surface area contributed by atoms with E-state index in [2.05, 4.69) is 5.32 Å². The van der Waals surface area contributed by atoms with Gasteiger partial charge in [-0.2, -0.15) is 0 Å². The molecule has 206 valence electrons. The normalized spacial score (nSPS) is 14.5. The Kier molecular flexibility index (Phi) is 11.5. The Labute approximate surface area is 250 Å². The number of halogens is 3. The molecule has 4 nitrogen and oxygen atoms in total. The molecule has 0 aromatic heterocycles. The number of carbonyl (C=O) groups excluding carboxylic acids is 2. The van der Waals surface area contributed by atoms with Gasteiger partial charge in [0.05, 0.1) is 5.75 Å². The van der Waals surface area contributed by atoms with Crippen LogP contribution in [0, 0.1) is 0 Å². The molecule has 0 radical (unpaired) electrons. The number of nitrogens with zero attached hydrogens (tertiary/aromatic N) is 1. The van der Waals surface area contributed by atoms with Gasteiger partial charge >= 0.3 is 0 Å². The molecule has 1 fully saturated rings. The van der Waals surface area contributed by atoms with Crippen molar-refractivity contribution in [2.75, 3.05) is 5.75 Å². The molecule has 4 rings (SSSR count). The average Bonchev–Trinajstić information content (AvgIpc) is 2.94. The minimum atomic E-state index is -0.686. The highest BCUT2D eigenvalue weighted by Gasteiger charge is 2.32. The van der Waals surface area contributed by atoms with E-state index < -0.39 is 6.04 Å². The lowest BCUT2D eigenvalue weighted by molar-refractivity contribution is -0.139. The van der Waals surface area contributed by atoms with Crippen molar-refractivity contribution in [2.24, 2.45) is 0 Å². The predicted octanol–water partition coefficient (Wildman–Crippen LogP) is 7.97. The molecule has 1 saturated carbocycles. The van der Waals surface area contributed by atoms with Gasteiger partial charge in [0.15, 0.2) is 0 Å². The fraction of sp³-hybridized carbons (Fsp3) is 0.355. The van der Waals surface area contributed by atoms with E-state index in [1.807, 2.05) is 60.7 Å². The first-order valence-corrected chi connectivity index (χ1v) is 15.6. The Morgan fingerprint density at radius 2 is 1.59 bits per heavy atom. The molecule has 1 N–H and O–H groups in total. The summed E-state index contributed by atoms with van der Waals surface area (Å²) in [6, 6.07) is 22.2. The maximum atomic E-state index is 13.9. The third-order valence-corrected chi connectivity index (χ3v) is 8.94. The molecule has 0 spiro atoms. The summed E-state index contributed by atoms with van der Waals surface area (Å²) in [5, 5.41) is 4.93. The van der Waals surface area contributed by atoms with Crippen LogP contribution in [0.25, 0.3) is 0 Å². The number of carbonyl (C=O) groups is 2. The molecule has 0 saturated heterocycles. The highest BCUT2D eigenvalue weighted by molar-refractivity contribution is 7.99. The zero-order valence-electron chi connectivity index (χ0n) is 21.8. The Bertz CT molecular complexity index is 1250. The second kappa shape index (κ2) is 15.0. The predicted molar refractivity (Wildman–Crippen MR) is 164 cm³/mol. The van der Waals surface area contributed by atoms with Gasteiger partial charge in [-0.1, -0.05) is 109 Å². The molecular formula is C31H33Cl3N2O2S. The number of hydrogen-bond acceptors (Lipinski definition) is 3. The number of benzene rings is 3. The number of rotatable bonds is 11. The van der Waals surface area contributed by atoms with Crippen LogP contribution in [0.2, 0.25) is 15.1 Å². The quantitative estimate of drug-likeness (QED) is 0.242. The van der Waals surface area contributed by atoms with Crippen LogP contribution in [-0.4, -0.2) is 34.6 Å². The minimum absolute atomic E-state index is 0.125. The van der Waals surface area contributed by atoms with Crippen LogP contribution in [0.3, 0.4) is 0 Å². The first-order valence-electron chi connectivity index (χ1n) is 13.3. The van der Waals surface area contributed by atoms with Crippen molar-refractivity contribution in [3.05, 3.63) is 105 Å². The van der Waals surface area contributed by atoms with Crippen molar-refractivity contribution in [2.45, 2.75) is 62.9 Å². The van der Waals surface area contributed by atoms with Gasteiger partial charge in [0.2, 0.25) is 11.8 Å². The minimum Gasteiger partial charge on any atom is -0.352 e. The molecular weight excluding hydrogens is 571 g/mol. The summed E-state index contributed by atoms with van der Waals surface area (Å²) in [6.07, 6.45) is 5.75. The van der Waals surface area contributed by atoms with Crippen LogP contribution in [0.4, 0.5) is 0 Å². The molecule has 0 aliphatic heterocycles. The second-order valence-electron chi connectivity index (χ2n) is 9.89. The zero-order valence-corrected chi connectivity index (χ0v) is 24.8. The van der Waals surface area contributed by atoms with E-state index in [1.54, 1.807) is 17.0 Å². The SMILES string of the molecule is O=C(NC1CCCCC1)[C@@H](Cc1ccccc1)N(Cc1ccc(Cl)cc1Cl)C(=O)CSCc1ccccc1Cl. The van der Waals surface area contributed by atoms with Crippen LogP contribution in [0.15, 0.2) is 72.8 Å². The third kappa shape index (κ3) is 8.91. The summed E-state index contributed by atoms with van der Waals surface area (Å²) in [5.41, 5.74) is 2.71. The summed E-state index contributed by atoms with van der Waals surface area (Å²) >= 11 is 20.5. The van der Waals surface area contributed by atoms with Gasteiger partial charge in [-0.15, -0.1) is 11.8 Å². The Morgan fingerprint density at radius 3 is 2.31 bits per heavy atom. The lowest BCUT2D eigenvalue weighted by atomic mass is 9.94. The standard InChI is InChI=1S/C31H33Cl3N2O2S/c32-25-16-15-23(28(34)18-25)19-36(30(37)21-39-20-24-11-7-8-14-27(24)33)29(17-22-9-3-1-4-10-22)31(38)35-26-12-5-2-6-13-26/h1,3-4,7-11,14-16,18,26,29H,2,5-6,12-13,17,19-21H2,(H,35,38)/t29-/m1/s1. The molecule has 2 amide bonds. The number of nitrogens with one attached hydrogen (secondary N) is 1. The van der Waals surface area contributed by atoms with E-state index >= 15 is 0 Å². The van der Waals surface area contributed by atoms with E-state index in [1.165, 1.54) is 18.2 Å². The number of thioether (sulfide) groups is 1. The lowest BCUT2D eigenvalue weighted by Gasteiger charge is -2.33. The third-order valence-electron chi connectivity index (χ3n) is 7.02. The molecule has 0 heterocycles. The van der Waals surface area contributed by atoms with Crippen LogP contribution in [0.1, 0.15) is 48.8 Å². The highest BCUT2D eigenvalue weighted by atomic mass is 35.5. The largest absolute Gasteiger partial charge is 0.352 e. The summed E-state index contributed by atoms with van der Waals surface area (Å²) in [4.78, 5) is 29.4. The van der Waals surface area contributed by atoms with E-state index in [-0.39, 0.29) is 30.2 Å². The summed E-state index contributed by atoms with van der Waals surface area (Å²) in [6.45, 7) is 0.205. The Hall–Kier alpha value is -2.18. The van der Waals surface area contributed by atoms with E-state index in [9.17, 15) is 9.59 Å². The fourth-order valence-electron chi connectivity index (χ4n) is 4.88.